The molecular weight excluding hydrogens is 390 g/mol. The Kier molecular flexibility index (Phi) is 5.29. The van der Waals surface area contributed by atoms with Gasteiger partial charge in [-0.1, -0.05) is 6.07 Å². The van der Waals surface area contributed by atoms with Gasteiger partial charge in [-0.15, -0.1) is 11.3 Å². The van der Waals surface area contributed by atoms with Crippen molar-refractivity contribution < 1.29 is 22.7 Å². The van der Waals surface area contributed by atoms with Crippen LogP contribution >= 0.6 is 11.3 Å². The standard InChI is InChI=1S/C17H19N3O5S2/c1-11-14(26-15(19-11)12-5-3-4-7-18-12)16(22)25-9-13(21)20-17(2)6-8-27(23,24)10-17/h3-5,7H,6,8-10H2,1-2H3,(H,20,21)/t17-/m0/s1. The molecule has 27 heavy (non-hydrogen) atoms. The fourth-order valence-electron chi connectivity index (χ4n) is 2.86. The zero-order valence-corrected chi connectivity index (χ0v) is 16.5. The number of hydrogen-bond acceptors (Lipinski definition) is 8. The van der Waals surface area contributed by atoms with Gasteiger partial charge in [0, 0.05) is 6.20 Å². The van der Waals surface area contributed by atoms with E-state index in [0.29, 0.717) is 27.7 Å². The maximum Gasteiger partial charge on any atom is 0.350 e. The summed E-state index contributed by atoms with van der Waals surface area (Å²) in [5, 5.41) is 3.24. The summed E-state index contributed by atoms with van der Waals surface area (Å²) in [6.07, 6.45) is 1.98. The van der Waals surface area contributed by atoms with Gasteiger partial charge in [0.25, 0.3) is 5.91 Å². The molecule has 0 saturated carbocycles. The number of ether oxygens (including phenoxy) is 1. The minimum atomic E-state index is -3.14. The average molecular weight is 409 g/mol. The predicted octanol–water partition coefficient (Wildman–Crippen LogP) is 1.36. The quantitative estimate of drug-likeness (QED) is 0.742. The molecule has 8 nitrogen and oxygen atoms in total. The van der Waals surface area contributed by atoms with Crippen molar-refractivity contribution in [2.24, 2.45) is 0 Å². The number of carbonyl (C=O) groups excluding carboxylic acids is 2. The second-order valence-electron chi connectivity index (χ2n) is 6.68. The van der Waals surface area contributed by atoms with E-state index in [1.165, 1.54) is 0 Å². The highest BCUT2D eigenvalue weighted by molar-refractivity contribution is 7.91. The van der Waals surface area contributed by atoms with Gasteiger partial charge in [0.15, 0.2) is 16.4 Å². The molecule has 0 aromatic carbocycles. The van der Waals surface area contributed by atoms with Crippen LogP contribution in [0.3, 0.4) is 0 Å². The number of hydrogen-bond donors (Lipinski definition) is 1. The number of aryl methyl sites for hydroxylation is 1. The smallest absolute Gasteiger partial charge is 0.350 e. The molecule has 1 fully saturated rings. The first-order valence-electron chi connectivity index (χ1n) is 8.25. The SMILES string of the molecule is Cc1nc(-c2ccccn2)sc1C(=O)OCC(=O)N[C@@]1(C)CCS(=O)(=O)C1. The average Bonchev–Trinajstić information content (AvgIpc) is 3.12. The number of nitrogens with one attached hydrogen (secondary N) is 1. The zero-order chi connectivity index (χ0) is 19.7. The summed E-state index contributed by atoms with van der Waals surface area (Å²) < 4.78 is 28.3. The van der Waals surface area contributed by atoms with Crippen molar-refractivity contribution in [3.8, 4) is 10.7 Å². The lowest BCUT2D eigenvalue weighted by Gasteiger charge is -2.23. The Hall–Kier alpha value is -2.33. The summed E-state index contributed by atoms with van der Waals surface area (Å²) in [6, 6.07) is 5.40. The van der Waals surface area contributed by atoms with Gasteiger partial charge in [-0.05, 0) is 32.4 Å². The van der Waals surface area contributed by atoms with Crippen LogP contribution in [0.25, 0.3) is 10.7 Å². The Labute approximate surface area is 160 Å². The van der Waals surface area contributed by atoms with Crippen molar-refractivity contribution in [2.45, 2.75) is 25.8 Å². The molecule has 0 unspecified atom stereocenters. The van der Waals surface area contributed by atoms with Gasteiger partial charge in [0.1, 0.15) is 9.88 Å². The second-order valence-corrected chi connectivity index (χ2v) is 9.86. The monoisotopic (exact) mass is 409 g/mol. The molecule has 1 amide bonds. The molecule has 1 N–H and O–H groups in total. The molecule has 144 valence electrons. The van der Waals surface area contributed by atoms with E-state index < -0.39 is 33.9 Å². The molecule has 1 atom stereocenters. The molecule has 1 aliphatic rings. The number of amides is 1. The van der Waals surface area contributed by atoms with E-state index in [2.05, 4.69) is 15.3 Å². The highest BCUT2D eigenvalue weighted by Crippen LogP contribution is 2.27. The van der Waals surface area contributed by atoms with Crippen molar-refractivity contribution in [1.29, 1.82) is 0 Å². The van der Waals surface area contributed by atoms with Crippen molar-refractivity contribution in [3.63, 3.8) is 0 Å². The third-order valence-corrected chi connectivity index (χ3v) is 7.21. The van der Waals surface area contributed by atoms with Gasteiger partial charge in [0.2, 0.25) is 0 Å². The topological polar surface area (TPSA) is 115 Å². The number of esters is 1. The Bertz CT molecular complexity index is 972. The molecule has 0 radical (unpaired) electrons. The van der Waals surface area contributed by atoms with Gasteiger partial charge in [0.05, 0.1) is 28.4 Å². The largest absolute Gasteiger partial charge is 0.451 e. The lowest BCUT2D eigenvalue weighted by Crippen LogP contribution is -2.48. The maximum atomic E-state index is 12.3. The van der Waals surface area contributed by atoms with Crippen molar-refractivity contribution in [2.75, 3.05) is 18.1 Å². The normalized spacial score (nSPS) is 21.0. The first kappa shape index (κ1) is 19.4. The number of carbonyl (C=O) groups is 2. The summed E-state index contributed by atoms with van der Waals surface area (Å²) >= 11 is 1.15. The minimum Gasteiger partial charge on any atom is -0.451 e. The van der Waals surface area contributed by atoms with Crippen LogP contribution in [0.2, 0.25) is 0 Å². The molecule has 3 heterocycles. The van der Waals surface area contributed by atoms with Gasteiger partial charge in [-0.3, -0.25) is 9.78 Å². The minimum absolute atomic E-state index is 0.0416. The van der Waals surface area contributed by atoms with Gasteiger partial charge in [-0.2, -0.15) is 0 Å². The predicted molar refractivity (Wildman–Crippen MR) is 100 cm³/mol. The number of nitrogens with zero attached hydrogens (tertiary/aromatic N) is 2. The van der Waals surface area contributed by atoms with E-state index in [0.717, 1.165) is 11.3 Å². The Balaban J connectivity index is 1.60. The molecule has 3 rings (SSSR count). The van der Waals surface area contributed by atoms with Crippen LogP contribution < -0.4 is 5.32 Å². The lowest BCUT2D eigenvalue weighted by atomic mass is 10.0. The highest BCUT2D eigenvalue weighted by atomic mass is 32.2. The molecule has 2 aromatic rings. The van der Waals surface area contributed by atoms with Crippen molar-refractivity contribution in [1.82, 2.24) is 15.3 Å². The van der Waals surface area contributed by atoms with Crippen molar-refractivity contribution >= 4 is 33.1 Å². The van der Waals surface area contributed by atoms with E-state index in [9.17, 15) is 18.0 Å². The molecule has 0 spiro atoms. The molecule has 0 aliphatic carbocycles. The van der Waals surface area contributed by atoms with E-state index >= 15 is 0 Å². The van der Waals surface area contributed by atoms with Crippen LogP contribution in [0.1, 0.15) is 28.7 Å². The third-order valence-electron chi connectivity index (χ3n) is 4.14. The maximum absolute atomic E-state index is 12.3. The van der Waals surface area contributed by atoms with Crippen LogP contribution in [0.4, 0.5) is 0 Å². The van der Waals surface area contributed by atoms with Crippen LogP contribution in [0.15, 0.2) is 24.4 Å². The fraction of sp³-hybridized carbons (Fsp3) is 0.412. The van der Waals surface area contributed by atoms with E-state index in [1.54, 1.807) is 32.2 Å². The Morgan fingerprint density at radius 3 is 2.78 bits per heavy atom. The second kappa shape index (κ2) is 7.35. The third kappa shape index (κ3) is 4.69. The summed E-state index contributed by atoms with van der Waals surface area (Å²) in [6.45, 7) is 2.87. The van der Waals surface area contributed by atoms with Crippen LogP contribution in [-0.2, 0) is 19.4 Å². The first-order chi connectivity index (χ1) is 12.7. The van der Waals surface area contributed by atoms with E-state index in [4.69, 9.17) is 4.74 Å². The number of thiazole rings is 1. The Morgan fingerprint density at radius 1 is 1.37 bits per heavy atom. The molecule has 1 saturated heterocycles. The molecule has 2 aromatic heterocycles. The molecule has 10 heteroatoms. The molecule has 1 aliphatic heterocycles. The first-order valence-corrected chi connectivity index (χ1v) is 10.9. The lowest BCUT2D eigenvalue weighted by molar-refractivity contribution is -0.125. The summed E-state index contributed by atoms with van der Waals surface area (Å²) in [4.78, 5) is 33.2. The number of aromatic nitrogens is 2. The molecule has 0 bridgehead atoms. The van der Waals surface area contributed by atoms with Gasteiger partial charge < -0.3 is 10.1 Å². The van der Waals surface area contributed by atoms with E-state index in [-0.39, 0.29) is 11.5 Å². The van der Waals surface area contributed by atoms with E-state index in [1.807, 2.05) is 6.07 Å². The van der Waals surface area contributed by atoms with Crippen LogP contribution in [-0.4, -0.2) is 53.9 Å². The summed E-state index contributed by atoms with van der Waals surface area (Å²) in [5.74, 6) is -1.25. The summed E-state index contributed by atoms with van der Waals surface area (Å²) in [5.41, 5.74) is 0.326. The number of rotatable bonds is 5. The van der Waals surface area contributed by atoms with Crippen molar-refractivity contribution in [3.05, 3.63) is 35.0 Å². The van der Waals surface area contributed by atoms with Gasteiger partial charge >= 0.3 is 5.97 Å². The zero-order valence-electron chi connectivity index (χ0n) is 14.9. The number of pyridine rings is 1. The molecular formula is C17H19N3O5S2. The van der Waals surface area contributed by atoms with Gasteiger partial charge in [-0.25, -0.2) is 18.2 Å². The fourth-order valence-corrected chi connectivity index (χ4v) is 5.89. The summed E-state index contributed by atoms with van der Waals surface area (Å²) in [7, 11) is -3.14. The van der Waals surface area contributed by atoms with Crippen LogP contribution in [0, 0.1) is 6.92 Å². The van der Waals surface area contributed by atoms with Crippen LogP contribution in [0.5, 0.6) is 0 Å². The highest BCUT2D eigenvalue weighted by Gasteiger charge is 2.39. The Morgan fingerprint density at radius 2 is 2.15 bits per heavy atom. The number of sulfone groups is 1.